The standard InChI is InChI=1S/C29H59N2/c1-2-3-4-5-6-7-8-9-10-11-12-13-14-15-16-17-18-19-20-21-22-26-31-27-23-30(24-28-31)25-29-31/h2-29H2,1H3/q+1. The molecule has 184 valence electrons. The highest BCUT2D eigenvalue weighted by molar-refractivity contribution is 4.70. The fourth-order valence-electron chi connectivity index (χ4n) is 5.95. The normalized spacial score (nSPS) is 22.9. The van der Waals surface area contributed by atoms with Crippen molar-refractivity contribution in [2.45, 2.75) is 142 Å². The van der Waals surface area contributed by atoms with Crippen molar-refractivity contribution in [3.8, 4) is 0 Å². The van der Waals surface area contributed by atoms with Crippen LogP contribution in [0.2, 0.25) is 0 Å². The molecule has 3 rings (SSSR count). The molecule has 3 aliphatic rings. The third kappa shape index (κ3) is 13.3. The van der Waals surface area contributed by atoms with Gasteiger partial charge in [-0.25, -0.2) is 0 Å². The molecule has 3 fully saturated rings. The second kappa shape index (κ2) is 18.4. The van der Waals surface area contributed by atoms with Gasteiger partial charge < -0.3 is 4.48 Å². The summed E-state index contributed by atoms with van der Waals surface area (Å²) in [4.78, 5) is 2.66. The van der Waals surface area contributed by atoms with E-state index in [9.17, 15) is 0 Å². The summed E-state index contributed by atoms with van der Waals surface area (Å²) in [6.07, 6.45) is 31.1. The molecule has 0 aromatic rings. The van der Waals surface area contributed by atoms with Gasteiger partial charge >= 0.3 is 0 Å². The molecule has 0 amide bonds. The zero-order valence-electron chi connectivity index (χ0n) is 21.7. The fourth-order valence-corrected chi connectivity index (χ4v) is 5.95. The topological polar surface area (TPSA) is 3.24 Å². The van der Waals surface area contributed by atoms with Crippen molar-refractivity contribution in [1.29, 1.82) is 0 Å². The first-order valence-electron chi connectivity index (χ1n) is 14.9. The van der Waals surface area contributed by atoms with E-state index in [0.717, 1.165) is 0 Å². The molecule has 3 saturated heterocycles. The Hall–Kier alpha value is -0.0800. The van der Waals surface area contributed by atoms with E-state index < -0.39 is 0 Å². The van der Waals surface area contributed by atoms with Gasteiger partial charge in [0.15, 0.2) is 0 Å². The summed E-state index contributed by atoms with van der Waals surface area (Å²) in [7, 11) is 0. The average molecular weight is 436 g/mol. The molecule has 2 heteroatoms. The number of fused-ring (bicyclic) bond motifs is 3. The number of hydrogen-bond donors (Lipinski definition) is 0. The van der Waals surface area contributed by atoms with Gasteiger partial charge in [0.2, 0.25) is 0 Å². The quantitative estimate of drug-likeness (QED) is 0.122. The van der Waals surface area contributed by atoms with Crippen LogP contribution in [0.25, 0.3) is 0 Å². The Morgan fingerprint density at radius 1 is 0.419 bits per heavy atom. The number of piperazine rings is 3. The van der Waals surface area contributed by atoms with E-state index in [4.69, 9.17) is 0 Å². The van der Waals surface area contributed by atoms with Crippen LogP contribution in [-0.4, -0.2) is 55.2 Å². The zero-order valence-corrected chi connectivity index (χ0v) is 21.7. The minimum Gasteiger partial charge on any atom is -0.320 e. The Morgan fingerprint density at radius 2 is 0.710 bits per heavy atom. The van der Waals surface area contributed by atoms with Crippen molar-refractivity contribution >= 4 is 0 Å². The first-order chi connectivity index (χ1) is 15.3. The van der Waals surface area contributed by atoms with Crippen LogP contribution in [0.5, 0.6) is 0 Å². The van der Waals surface area contributed by atoms with E-state index in [0.29, 0.717) is 0 Å². The van der Waals surface area contributed by atoms with E-state index in [1.54, 1.807) is 0 Å². The summed E-state index contributed by atoms with van der Waals surface area (Å²) in [5.41, 5.74) is 0. The summed E-state index contributed by atoms with van der Waals surface area (Å²) in [6, 6.07) is 0. The molecule has 0 spiro atoms. The maximum atomic E-state index is 2.66. The second-order valence-corrected chi connectivity index (χ2v) is 11.1. The maximum Gasteiger partial charge on any atom is 0.0916 e. The Morgan fingerprint density at radius 3 is 1.03 bits per heavy atom. The predicted molar refractivity (Wildman–Crippen MR) is 139 cm³/mol. The van der Waals surface area contributed by atoms with Crippen molar-refractivity contribution in [3.05, 3.63) is 0 Å². The Labute approximate surface area is 197 Å². The average Bonchev–Trinajstić information content (AvgIpc) is 2.81. The lowest BCUT2D eigenvalue weighted by atomic mass is 10.0. The molecular weight excluding hydrogens is 376 g/mol. The van der Waals surface area contributed by atoms with Crippen LogP contribution in [0.3, 0.4) is 0 Å². The van der Waals surface area contributed by atoms with Crippen molar-refractivity contribution in [1.82, 2.24) is 4.90 Å². The van der Waals surface area contributed by atoms with Crippen molar-refractivity contribution in [2.75, 3.05) is 45.8 Å². The lowest BCUT2D eigenvalue weighted by Crippen LogP contribution is -2.67. The van der Waals surface area contributed by atoms with Gasteiger partial charge in [0.05, 0.1) is 26.2 Å². The number of unbranched alkanes of at least 4 members (excludes halogenated alkanes) is 20. The molecule has 3 heterocycles. The largest absolute Gasteiger partial charge is 0.320 e. The van der Waals surface area contributed by atoms with E-state index in [1.807, 2.05) is 0 Å². The van der Waals surface area contributed by atoms with Crippen molar-refractivity contribution in [3.63, 3.8) is 0 Å². The first-order valence-corrected chi connectivity index (χ1v) is 14.9. The molecule has 0 saturated carbocycles. The molecular formula is C29H59N2+. The van der Waals surface area contributed by atoms with Gasteiger partial charge in [-0.2, -0.15) is 0 Å². The Balaban J connectivity index is 1.21. The van der Waals surface area contributed by atoms with Gasteiger partial charge in [0.1, 0.15) is 0 Å². The maximum absolute atomic E-state index is 2.66. The van der Waals surface area contributed by atoms with Crippen LogP contribution in [0, 0.1) is 0 Å². The highest BCUT2D eigenvalue weighted by Gasteiger charge is 2.37. The van der Waals surface area contributed by atoms with E-state index in [2.05, 4.69) is 11.8 Å². The van der Waals surface area contributed by atoms with Crippen LogP contribution in [0.15, 0.2) is 0 Å². The van der Waals surface area contributed by atoms with Gasteiger partial charge in [0.25, 0.3) is 0 Å². The van der Waals surface area contributed by atoms with Gasteiger partial charge in [0, 0.05) is 19.6 Å². The van der Waals surface area contributed by atoms with E-state index >= 15 is 0 Å². The lowest BCUT2D eigenvalue weighted by molar-refractivity contribution is -0.941. The Kier molecular flexibility index (Phi) is 16.1. The minimum atomic E-state index is 1.37. The zero-order chi connectivity index (χ0) is 21.9. The molecule has 31 heavy (non-hydrogen) atoms. The molecule has 0 radical (unpaired) electrons. The monoisotopic (exact) mass is 435 g/mol. The number of nitrogens with zero attached hydrogens (tertiary/aromatic N) is 2. The Bertz CT molecular complexity index is 372. The number of hydrogen-bond acceptors (Lipinski definition) is 1. The summed E-state index contributed by atoms with van der Waals surface area (Å²) in [6.45, 7) is 12.2. The molecule has 0 atom stereocenters. The summed E-state index contributed by atoms with van der Waals surface area (Å²) < 4.78 is 1.47. The highest BCUT2D eigenvalue weighted by Crippen LogP contribution is 2.21. The molecule has 0 N–H and O–H groups in total. The van der Waals surface area contributed by atoms with Gasteiger partial charge in [-0.3, -0.25) is 4.90 Å². The SMILES string of the molecule is CCCCCCCCCCCCCCCCCCCCCCC[N+]12CCN(CC1)CC2. The van der Waals surface area contributed by atoms with Crippen LogP contribution in [0.4, 0.5) is 0 Å². The third-order valence-electron chi connectivity index (χ3n) is 8.41. The number of rotatable bonds is 22. The van der Waals surface area contributed by atoms with E-state index in [1.165, 1.54) is 185 Å². The summed E-state index contributed by atoms with van der Waals surface area (Å²) in [5, 5.41) is 0. The van der Waals surface area contributed by atoms with Crippen molar-refractivity contribution in [2.24, 2.45) is 0 Å². The molecule has 0 aromatic heterocycles. The predicted octanol–water partition coefficient (Wildman–Crippen LogP) is 8.34. The molecule has 2 bridgehead atoms. The molecule has 0 unspecified atom stereocenters. The van der Waals surface area contributed by atoms with Crippen LogP contribution >= 0.6 is 0 Å². The first kappa shape index (κ1) is 27.2. The highest BCUT2D eigenvalue weighted by atomic mass is 15.4. The molecule has 3 aliphatic heterocycles. The van der Waals surface area contributed by atoms with Crippen LogP contribution in [-0.2, 0) is 0 Å². The summed E-state index contributed by atoms with van der Waals surface area (Å²) in [5.74, 6) is 0. The minimum absolute atomic E-state index is 1.37. The second-order valence-electron chi connectivity index (χ2n) is 11.1. The van der Waals surface area contributed by atoms with Crippen LogP contribution in [0.1, 0.15) is 142 Å². The molecule has 2 nitrogen and oxygen atoms in total. The van der Waals surface area contributed by atoms with E-state index in [-0.39, 0.29) is 0 Å². The number of quaternary nitrogens is 1. The summed E-state index contributed by atoms with van der Waals surface area (Å²) >= 11 is 0. The lowest BCUT2D eigenvalue weighted by Gasteiger charge is -2.50. The van der Waals surface area contributed by atoms with Gasteiger partial charge in [-0.05, 0) is 12.8 Å². The fraction of sp³-hybridized carbons (Fsp3) is 1.00. The third-order valence-corrected chi connectivity index (χ3v) is 8.41. The molecule has 0 aliphatic carbocycles. The smallest absolute Gasteiger partial charge is 0.0916 e. The van der Waals surface area contributed by atoms with Gasteiger partial charge in [-0.15, -0.1) is 0 Å². The van der Waals surface area contributed by atoms with Crippen LogP contribution < -0.4 is 0 Å². The van der Waals surface area contributed by atoms with Gasteiger partial charge in [-0.1, -0.05) is 129 Å². The molecule has 0 aromatic carbocycles. The van der Waals surface area contributed by atoms with Crippen molar-refractivity contribution < 1.29 is 4.48 Å².